The van der Waals surface area contributed by atoms with Crippen LogP contribution in [0.5, 0.6) is 0 Å². The molecule has 0 aliphatic carbocycles. The minimum Gasteiger partial charge on any atom is -0.256 e. The van der Waals surface area contributed by atoms with Gasteiger partial charge in [0.05, 0.1) is 28.1 Å². The summed E-state index contributed by atoms with van der Waals surface area (Å²) in [6.45, 7) is 0. The number of pyridine rings is 2. The van der Waals surface area contributed by atoms with Crippen molar-refractivity contribution >= 4 is 21.8 Å². The Bertz CT molecular complexity index is 1710. The van der Waals surface area contributed by atoms with Crippen molar-refractivity contribution < 1.29 is 4.39 Å². The van der Waals surface area contributed by atoms with Gasteiger partial charge in [0.2, 0.25) is 0 Å². The average molecular weight is 495 g/mol. The van der Waals surface area contributed by atoms with Crippen molar-refractivity contribution in [2.24, 2.45) is 0 Å². The molecule has 5 heteroatoms. The van der Waals surface area contributed by atoms with Crippen LogP contribution < -0.4 is 0 Å². The quantitative estimate of drug-likeness (QED) is 0.249. The molecule has 4 aromatic carbocycles. The smallest absolute Gasteiger partial charge is 0.123 e. The first-order valence-electron chi connectivity index (χ1n) is 12.3. The minimum absolute atomic E-state index is 0.262. The molecule has 182 valence electrons. The second kappa shape index (κ2) is 10.4. The van der Waals surface area contributed by atoms with E-state index in [0.29, 0.717) is 0 Å². The van der Waals surface area contributed by atoms with Crippen LogP contribution in [0.4, 0.5) is 4.39 Å². The molecule has 0 saturated carbocycles. The number of benzene rings is 4. The van der Waals surface area contributed by atoms with Crippen molar-refractivity contribution in [1.82, 2.24) is 19.7 Å². The van der Waals surface area contributed by atoms with Crippen LogP contribution in [0.15, 0.2) is 140 Å². The first-order chi connectivity index (χ1) is 18.7. The van der Waals surface area contributed by atoms with E-state index in [1.165, 1.54) is 17.5 Å². The fraction of sp³-hybridized carbons (Fsp3) is 0. The summed E-state index contributed by atoms with van der Waals surface area (Å²) in [5.74, 6) is -0.262. The van der Waals surface area contributed by atoms with Crippen LogP contribution in [0.25, 0.3) is 50.1 Å². The number of rotatable bonds is 3. The highest BCUT2D eigenvalue weighted by molar-refractivity contribution is 5.82. The summed E-state index contributed by atoms with van der Waals surface area (Å²) in [6, 6.07) is 42.7. The molecular weight excluding hydrogens is 471 g/mol. The fourth-order valence-corrected chi connectivity index (χ4v) is 4.34. The van der Waals surface area contributed by atoms with Gasteiger partial charge in [0.15, 0.2) is 0 Å². The molecule has 0 bridgehead atoms. The molecule has 0 spiro atoms. The molecule has 0 aliphatic rings. The highest BCUT2D eigenvalue weighted by Crippen LogP contribution is 2.29. The van der Waals surface area contributed by atoms with E-state index in [1.54, 1.807) is 6.07 Å². The van der Waals surface area contributed by atoms with Crippen LogP contribution >= 0.6 is 0 Å². The topological polar surface area (TPSA) is 43.6 Å². The van der Waals surface area contributed by atoms with Crippen LogP contribution in [0.2, 0.25) is 0 Å². The Hall–Kier alpha value is -5.16. The van der Waals surface area contributed by atoms with Gasteiger partial charge < -0.3 is 0 Å². The van der Waals surface area contributed by atoms with Gasteiger partial charge in [-0.25, -0.2) is 14.1 Å². The summed E-state index contributed by atoms with van der Waals surface area (Å²) < 4.78 is 15.4. The zero-order valence-electron chi connectivity index (χ0n) is 20.4. The molecule has 7 rings (SSSR count). The molecule has 0 unspecified atom stereocenters. The van der Waals surface area contributed by atoms with Gasteiger partial charge in [-0.3, -0.25) is 4.98 Å². The van der Waals surface area contributed by atoms with E-state index in [9.17, 15) is 4.39 Å². The van der Waals surface area contributed by atoms with Gasteiger partial charge in [0.25, 0.3) is 0 Å². The maximum atomic E-state index is 13.4. The molecule has 0 fully saturated rings. The van der Waals surface area contributed by atoms with Crippen molar-refractivity contribution in [2.45, 2.75) is 0 Å². The maximum Gasteiger partial charge on any atom is 0.123 e. The third-order valence-electron chi connectivity index (χ3n) is 6.21. The van der Waals surface area contributed by atoms with Gasteiger partial charge in [0.1, 0.15) is 11.5 Å². The maximum absolute atomic E-state index is 13.4. The second-order valence-electron chi connectivity index (χ2n) is 8.76. The minimum atomic E-state index is -0.262. The third kappa shape index (κ3) is 4.90. The molecule has 0 atom stereocenters. The molecule has 7 aromatic rings. The lowest BCUT2D eigenvalue weighted by molar-refractivity contribution is 0.629. The number of halogens is 1. The van der Waals surface area contributed by atoms with Crippen molar-refractivity contribution in [3.63, 3.8) is 0 Å². The van der Waals surface area contributed by atoms with Crippen molar-refractivity contribution in [3.8, 4) is 28.3 Å². The molecule has 3 aromatic heterocycles. The summed E-state index contributed by atoms with van der Waals surface area (Å²) in [5.41, 5.74) is 6.38. The average Bonchev–Trinajstić information content (AvgIpc) is 3.44. The number of aromatic nitrogens is 4. The Morgan fingerprint density at radius 3 is 2.11 bits per heavy atom. The molecule has 4 nitrogen and oxygen atoms in total. The number of hydrogen-bond donors (Lipinski definition) is 0. The van der Waals surface area contributed by atoms with Crippen LogP contribution in [0.3, 0.4) is 0 Å². The predicted octanol–water partition coefficient (Wildman–Crippen LogP) is 8.13. The first-order valence-corrected chi connectivity index (χ1v) is 12.3. The lowest BCUT2D eigenvalue weighted by Crippen LogP contribution is -1.99. The molecule has 3 heterocycles. The van der Waals surface area contributed by atoms with E-state index in [1.807, 2.05) is 102 Å². The summed E-state index contributed by atoms with van der Waals surface area (Å²) >= 11 is 0. The van der Waals surface area contributed by atoms with E-state index in [2.05, 4.69) is 34.2 Å². The summed E-state index contributed by atoms with van der Waals surface area (Å²) in [4.78, 5) is 8.87. The first kappa shape index (κ1) is 23.3. The Kier molecular flexibility index (Phi) is 6.39. The van der Waals surface area contributed by atoms with E-state index in [4.69, 9.17) is 5.10 Å². The molecular formula is C33H23FN4. The van der Waals surface area contributed by atoms with Gasteiger partial charge >= 0.3 is 0 Å². The monoisotopic (exact) mass is 494 g/mol. The summed E-state index contributed by atoms with van der Waals surface area (Å²) in [7, 11) is 0. The third-order valence-corrected chi connectivity index (χ3v) is 6.21. The second-order valence-corrected chi connectivity index (χ2v) is 8.76. The Morgan fingerprint density at radius 2 is 1.29 bits per heavy atom. The highest BCUT2D eigenvalue weighted by Gasteiger charge is 2.14. The predicted molar refractivity (Wildman–Crippen MR) is 151 cm³/mol. The Labute approximate surface area is 219 Å². The normalized spacial score (nSPS) is 10.8. The Balaban J connectivity index is 0.000000221. The van der Waals surface area contributed by atoms with Crippen molar-refractivity contribution in [2.75, 3.05) is 0 Å². The van der Waals surface area contributed by atoms with Gasteiger partial charge in [-0.05, 0) is 54.6 Å². The zero-order valence-corrected chi connectivity index (χ0v) is 20.4. The Morgan fingerprint density at radius 1 is 0.553 bits per heavy atom. The molecule has 0 saturated heterocycles. The lowest BCUT2D eigenvalue weighted by Gasteiger charge is -2.07. The molecule has 38 heavy (non-hydrogen) atoms. The van der Waals surface area contributed by atoms with Crippen molar-refractivity contribution in [1.29, 1.82) is 0 Å². The van der Waals surface area contributed by atoms with E-state index >= 15 is 0 Å². The van der Waals surface area contributed by atoms with Gasteiger partial charge in [0, 0.05) is 22.5 Å². The fourth-order valence-electron chi connectivity index (χ4n) is 4.34. The van der Waals surface area contributed by atoms with E-state index < -0.39 is 0 Å². The van der Waals surface area contributed by atoms with Crippen LogP contribution in [0.1, 0.15) is 0 Å². The lowest BCUT2D eigenvalue weighted by atomic mass is 10.1. The number of hydrogen-bond acceptors (Lipinski definition) is 3. The van der Waals surface area contributed by atoms with E-state index in [0.717, 1.165) is 44.8 Å². The molecule has 0 N–H and O–H groups in total. The number of para-hydroxylation sites is 2. The van der Waals surface area contributed by atoms with Gasteiger partial charge in [-0.15, -0.1) is 0 Å². The highest BCUT2D eigenvalue weighted by atomic mass is 19.1. The zero-order chi connectivity index (χ0) is 25.7. The van der Waals surface area contributed by atoms with Crippen LogP contribution in [-0.4, -0.2) is 19.7 Å². The van der Waals surface area contributed by atoms with Crippen LogP contribution in [-0.2, 0) is 0 Å². The van der Waals surface area contributed by atoms with Crippen molar-refractivity contribution in [3.05, 3.63) is 145 Å². The van der Waals surface area contributed by atoms with Crippen LogP contribution in [0, 0.1) is 5.82 Å². The standard InChI is InChI=1S/C24H16FN3.C9H7N/c25-19-12-14-21-18(15-19)11-13-22(26-21)23-16-24(17-7-3-1-4-8-17)28(27-23)20-9-5-2-6-10-20;1-2-6-9-8(4-1)5-3-7-10-9/h1-16H;1-7H. The summed E-state index contributed by atoms with van der Waals surface area (Å²) in [6.07, 6.45) is 1.81. The van der Waals surface area contributed by atoms with E-state index in [-0.39, 0.29) is 5.82 Å². The largest absolute Gasteiger partial charge is 0.256 e. The molecule has 0 aliphatic heterocycles. The number of nitrogens with zero attached hydrogens (tertiary/aromatic N) is 4. The van der Waals surface area contributed by atoms with Gasteiger partial charge in [-0.2, -0.15) is 5.10 Å². The molecule has 0 radical (unpaired) electrons. The SMILES string of the molecule is Fc1ccc2nc(-c3cc(-c4ccccc4)n(-c4ccccc4)n3)ccc2c1.c1ccc2ncccc2c1. The number of fused-ring (bicyclic) bond motifs is 2. The molecule has 0 amide bonds. The van der Waals surface area contributed by atoms with Gasteiger partial charge in [-0.1, -0.05) is 78.9 Å². The summed E-state index contributed by atoms with van der Waals surface area (Å²) in [5, 5.41) is 6.80.